The number of rotatable bonds is 3. The lowest BCUT2D eigenvalue weighted by Gasteiger charge is -2.21. The Labute approximate surface area is 86.9 Å². The molecule has 0 aliphatic carbocycles. The second-order valence-corrected chi connectivity index (χ2v) is 3.28. The first-order chi connectivity index (χ1) is 6.77. The predicted molar refractivity (Wildman–Crippen MR) is 55.3 cm³/mol. The van der Waals surface area contributed by atoms with E-state index in [9.17, 15) is 0 Å². The summed E-state index contributed by atoms with van der Waals surface area (Å²) in [7, 11) is 0. The van der Waals surface area contributed by atoms with Gasteiger partial charge in [-0.05, 0) is 13.8 Å². The number of hydrogen-bond donors (Lipinski definition) is 0. The normalized spacial score (nSPS) is 11.1. The zero-order valence-corrected chi connectivity index (χ0v) is 8.94. The summed E-state index contributed by atoms with van der Waals surface area (Å²) in [4.78, 5) is 3.99. The summed E-state index contributed by atoms with van der Waals surface area (Å²) >= 11 is 5.96. The molecule has 0 amide bonds. The number of aromatic nitrogens is 4. The molecule has 2 aromatic heterocycles. The van der Waals surface area contributed by atoms with Crippen molar-refractivity contribution in [2.45, 2.75) is 13.8 Å². The third-order valence-electron chi connectivity index (χ3n) is 2.22. The fourth-order valence-corrected chi connectivity index (χ4v) is 1.71. The van der Waals surface area contributed by atoms with Crippen LogP contribution in [0.15, 0.2) is 12.7 Å². The van der Waals surface area contributed by atoms with Gasteiger partial charge in [-0.1, -0.05) is 11.6 Å². The lowest BCUT2D eigenvalue weighted by atomic mass is 10.6. The Morgan fingerprint density at radius 1 is 1.36 bits per heavy atom. The topological polar surface area (TPSA) is 38.4 Å². The molecule has 0 spiro atoms. The monoisotopic (exact) mass is 213 g/mol. The second kappa shape index (κ2) is 3.49. The maximum Gasteiger partial charge on any atom is 0.193 e. The summed E-state index contributed by atoms with van der Waals surface area (Å²) in [5.41, 5.74) is 0.815. The molecule has 0 saturated carbocycles. The van der Waals surface area contributed by atoms with E-state index >= 15 is 0 Å². The van der Waals surface area contributed by atoms with Gasteiger partial charge in [-0.2, -0.15) is 9.61 Å². The lowest BCUT2D eigenvalue weighted by Crippen LogP contribution is -2.33. The van der Waals surface area contributed by atoms with E-state index in [0.29, 0.717) is 5.15 Å². The van der Waals surface area contributed by atoms with Crippen molar-refractivity contribution in [2.75, 3.05) is 18.1 Å². The molecule has 0 N–H and O–H groups in total. The van der Waals surface area contributed by atoms with Crippen molar-refractivity contribution >= 4 is 17.2 Å². The van der Waals surface area contributed by atoms with Gasteiger partial charge in [0.05, 0.1) is 0 Å². The highest BCUT2D eigenvalue weighted by Crippen LogP contribution is 2.14. The Kier molecular flexibility index (Phi) is 2.33. The van der Waals surface area contributed by atoms with Crippen molar-refractivity contribution in [3.05, 3.63) is 17.8 Å². The molecule has 0 aromatic carbocycles. The third-order valence-corrected chi connectivity index (χ3v) is 2.49. The molecule has 0 unspecified atom stereocenters. The molecule has 2 aromatic rings. The maximum absolute atomic E-state index is 5.96. The van der Waals surface area contributed by atoms with Crippen LogP contribution in [-0.2, 0) is 0 Å². The Morgan fingerprint density at radius 3 is 2.71 bits per heavy atom. The van der Waals surface area contributed by atoms with Crippen molar-refractivity contribution < 1.29 is 0 Å². The summed E-state index contributed by atoms with van der Waals surface area (Å²) in [5.74, 6) is 0. The highest BCUT2D eigenvalue weighted by Gasteiger charge is 2.11. The van der Waals surface area contributed by atoms with Crippen LogP contribution in [0.5, 0.6) is 0 Å². The van der Waals surface area contributed by atoms with Gasteiger partial charge in [0.1, 0.15) is 12.7 Å². The molecule has 0 atom stereocenters. The third kappa shape index (κ3) is 1.24. The average molecular weight is 214 g/mol. The number of hydrogen-bond acceptors (Lipinski definition) is 3. The fourth-order valence-electron chi connectivity index (χ4n) is 1.49. The molecule has 0 aliphatic rings. The summed E-state index contributed by atoms with van der Waals surface area (Å²) in [5, 5.41) is 6.75. The van der Waals surface area contributed by atoms with E-state index < -0.39 is 0 Å². The minimum absolute atomic E-state index is 0.481. The Hall–Kier alpha value is -1.23. The summed E-state index contributed by atoms with van der Waals surface area (Å²) in [6.07, 6.45) is 3.35. The van der Waals surface area contributed by atoms with Crippen LogP contribution >= 0.6 is 11.6 Å². The molecule has 5 nitrogen and oxygen atoms in total. The van der Waals surface area contributed by atoms with Gasteiger partial charge in [-0.25, -0.2) is 9.66 Å². The van der Waals surface area contributed by atoms with E-state index in [0.717, 1.165) is 18.7 Å². The molecular weight excluding hydrogens is 202 g/mol. The highest BCUT2D eigenvalue weighted by atomic mass is 35.5. The van der Waals surface area contributed by atoms with Crippen LogP contribution in [-0.4, -0.2) is 32.4 Å². The first-order valence-electron chi connectivity index (χ1n) is 4.59. The number of halogens is 1. The maximum atomic E-state index is 5.96. The van der Waals surface area contributed by atoms with Crippen LogP contribution in [0.3, 0.4) is 0 Å². The number of nitrogens with zero attached hydrogens (tertiary/aromatic N) is 5. The smallest absolute Gasteiger partial charge is 0.193 e. The zero-order chi connectivity index (χ0) is 10.1. The molecule has 2 rings (SSSR count). The lowest BCUT2D eigenvalue weighted by molar-refractivity contribution is 0.634. The second-order valence-electron chi connectivity index (χ2n) is 2.92. The first-order valence-corrected chi connectivity index (χ1v) is 4.97. The van der Waals surface area contributed by atoms with Crippen LogP contribution < -0.4 is 5.01 Å². The molecule has 0 saturated heterocycles. The van der Waals surface area contributed by atoms with Crippen molar-refractivity contribution in [3.8, 4) is 0 Å². The van der Waals surface area contributed by atoms with Crippen molar-refractivity contribution in [3.63, 3.8) is 0 Å². The van der Waals surface area contributed by atoms with Crippen LogP contribution in [0.25, 0.3) is 5.65 Å². The van der Waals surface area contributed by atoms with Crippen LogP contribution in [0, 0.1) is 0 Å². The Balaban J connectivity index is 2.55. The number of fused-ring (bicyclic) bond motifs is 1. The average Bonchev–Trinajstić information content (AvgIpc) is 2.74. The molecular formula is C8H12ClN5. The molecule has 0 fully saturated rings. The first kappa shape index (κ1) is 9.33. The molecule has 0 radical (unpaired) electrons. The van der Waals surface area contributed by atoms with Crippen LogP contribution in [0.2, 0.25) is 5.15 Å². The van der Waals surface area contributed by atoms with Gasteiger partial charge < -0.3 is 5.01 Å². The van der Waals surface area contributed by atoms with Gasteiger partial charge in [0.25, 0.3) is 0 Å². The van der Waals surface area contributed by atoms with E-state index in [-0.39, 0.29) is 0 Å². The van der Waals surface area contributed by atoms with Crippen molar-refractivity contribution in [2.24, 2.45) is 0 Å². The van der Waals surface area contributed by atoms with Gasteiger partial charge in [-0.15, -0.1) is 0 Å². The van der Waals surface area contributed by atoms with E-state index in [4.69, 9.17) is 11.6 Å². The fraction of sp³-hybridized carbons (Fsp3) is 0.500. The SMILES string of the molecule is CCN(CC)n1cnn2cnc(Cl)c12. The summed E-state index contributed by atoms with van der Waals surface area (Å²) in [6.45, 7) is 5.99. The van der Waals surface area contributed by atoms with Gasteiger partial charge in [0.15, 0.2) is 10.8 Å². The summed E-state index contributed by atoms with van der Waals surface area (Å²) in [6, 6.07) is 0. The largest absolute Gasteiger partial charge is 0.310 e. The Bertz CT molecular complexity index is 428. The quantitative estimate of drug-likeness (QED) is 0.768. The van der Waals surface area contributed by atoms with E-state index in [2.05, 4.69) is 28.9 Å². The van der Waals surface area contributed by atoms with E-state index in [1.165, 1.54) is 0 Å². The summed E-state index contributed by atoms with van der Waals surface area (Å²) < 4.78 is 3.59. The van der Waals surface area contributed by atoms with Crippen molar-refractivity contribution in [1.29, 1.82) is 0 Å². The van der Waals surface area contributed by atoms with Crippen LogP contribution in [0.1, 0.15) is 13.8 Å². The molecule has 6 heteroatoms. The molecule has 14 heavy (non-hydrogen) atoms. The Morgan fingerprint density at radius 2 is 2.07 bits per heavy atom. The van der Waals surface area contributed by atoms with Crippen molar-refractivity contribution in [1.82, 2.24) is 19.3 Å². The molecule has 0 bridgehead atoms. The van der Waals surface area contributed by atoms with Gasteiger partial charge in [0.2, 0.25) is 0 Å². The standard InChI is InChI=1S/C8H12ClN5/c1-3-12(4-2)14-6-11-13-5-10-7(9)8(13)14/h5-6H,3-4H2,1-2H3. The van der Waals surface area contributed by atoms with Gasteiger partial charge >= 0.3 is 0 Å². The van der Waals surface area contributed by atoms with Gasteiger partial charge in [0, 0.05) is 13.1 Å². The predicted octanol–water partition coefficient (Wildman–Crippen LogP) is 1.16. The minimum atomic E-state index is 0.481. The molecule has 2 heterocycles. The molecule has 76 valence electrons. The molecule has 0 aliphatic heterocycles. The van der Waals surface area contributed by atoms with E-state index in [1.54, 1.807) is 17.2 Å². The number of imidazole rings is 1. The zero-order valence-electron chi connectivity index (χ0n) is 8.18. The van der Waals surface area contributed by atoms with Gasteiger partial charge in [-0.3, -0.25) is 0 Å². The highest BCUT2D eigenvalue weighted by molar-refractivity contribution is 6.32. The minimum Gasteiger partial charge on any atom is -0.310 e. The van der Waals surface area contributed by atoms with E-state index in [1.807, 2.05) is 4.68 Å². The van der Waals surface area contributed by atoms with Crippen LogP contribution in [0.4, 0.5) is 0 Å².